The van der Waals surface area contributed by atoms with E-state index in [9.17, 15) is 9.59 Å². The fourth-order valence-electron chi connectivity index (χ4n) is 3.51. The Labute approximate surface area is 133 Å². The van der Waals surface area contributed by atoms with Crippen molar-refractivity contribution < 1.29 is 9.59 Å². The van der Waals surface area contributed by atoms with Crippen molar-refractivity contribution in [2.45, 2.75) is 38.6 Å². The maximum absolute atomic E-state index is 12.6. The Bertz CT molecular complexity index is 809. The number of carbonyl (C=O) groups excluding carboxylic acids is 2. The normalized spacial score (nSPS) is 19.0. The van der Waals surface area contributed by atoms with Gasteiger partial charge in [0, 0.05) is 29.4 Å². The smallest absolute Gasteiger partial charge is 0.251 e. The maximum atomic E-state index is 12.6. The molecule has 4 rings (SSSR count). The van der Waals surface area contributed by atoms with Gasteiger partial charge in [0.15, 0.2) is 0 Å². The summed E-state index contributed by atoms with van der Waals surface area (Å²) in [5.41, 5.74) is 5.58. The molecule has 0 fully saturated rings. The maximum Gasteiger partial charge on any atom is 0.251 e. The number of fused-ring (bicyclic) bond motifs is 2. The molecule has 2 aliphatic rings. The van der Waals surface area contributed by atoms with Gasteiger partial charge in [-0.1, -0.05) is 6.07 Å². The predicted octanol–water partition coefficient (Wildman–Crippen LogP) is 1.50. The monoisotopic (exact) mass is 310 g/mol. The molecule has 0 radical (unpaired) electrons. The minimum atomic E-state index is -0.112. The van der Waals surface area contributed by atoms with Crippen molar-refractivity contribution in [3.8, 4) is 0 Å². The second-order valence-electron chi connectivity index (χ2n) is 6.24. The molecule has 0 bridgehead atoms. The van der Waals surface area contributed by atoms with Crippen LogP contribution in [0.4, 0.5) is 5.69 Å². The third-order valence-electron chi connectivity index (χ3n) is 4.71. The zero-order chi connectivity index (χ0) is 16.0. The molecule has 0 spiro atoms. The van der Waals surface area contributed by atoms with E-state index < -0.39 is 0 Å². The summed E-state index contributed by atoms with van der Waals surface area (Å²) in [4.78, 5) is 24.2. The minimum Gasteiger partial charge on any atom is -0.349 e. The van der Waals surface area contributed by atoms with Crippen LogP contribution in [0.25, 0.3) is 0 Å². The largest absolute Gasteiger partial charge is 0.349 e. The summed E-state index contributed by atoms with van der Waals surface area (Å²) in [6.45, 7) is 2.03. The number of aromatic nitrogens is 2. The van der Waals surface area contributed by atoms with E-state index in [0.29, 0.717) is 5.56 Å². The molecule has 1 aliphatic carbocycles. The van der Waals surface area contributed by atoms with Gasteiger partial charge in [0.1, 0.15) is 0 Å². The van der Waals surface area contributed by atoms with Crippen LogP contribution >= 0.6 is 0 Å². The number of nitrogens with zero attached hydrogens (tertiary/aromatic N) is 1. The lowest BCUT2D eigenvalue weighted by Gasteiger charge is -2.23. The number of hydrogen-bond donors (Lipinski definition) is 3. The summed E-state index contributed by atoms with van der Waals surface area (Å²) < 4.78 is 0. The van der Waals surface area contributed by atoms with E-state index in [4.69, 9.17) is 0 Å². The quantitative estimate of drug-likeness (QED) is 0.785. The molecule has 118 valence electrons. The van der Waals surface area contributed by atoms with Crippen LogP contribution in [0.1, 0.15) is 39.3 Å². The lowest BCUT2D eigenvalue weighted by molar-refractivity contribution is -0.115. The third kappa shape index (κ3) is 2.40. The fraction of sp³-hybridized carbons (Fsp3) is 0.353. The molecule has 2 heterocycles. The Morgan fingerprint density at radius 2 is 2.22 bits per heavy atom. The molecule has 2 aromatic rings. The number of aromatic amines is 1. The van der Waals surface area contributed by atoms with Crippen LogP contribution in [0.15, 0.2) is 18.2 Å². The highest BCUT2D eigenvalue weighted by Gasteiger charge is 2.27. The Morgan fingerprint density at radius 3 is 3.09 bits per heavy atom. The molecule has 6 nitrogen and oxygen atoms in total. The number of anilines is 1. The van der Waals surface area contributed by atoms with Crippen LogP contribution in [0.5, 0.6) is 0 Å². The van der Waals surface area contributed by atoms with Crippen molar-refractivity contribution in [1.82, 2.24) is 15.5 Å². The average Bonchev–Trinajstić information content (AvgIpc) is 3.09. The van der Waals surface area contributed by atoms with Crippen molar-refractivity contribution in [2.75, 3.05) is 5.32 Å². The first-order valence-corrected chi connectivity index (χ1v) is 7.87. The second kappa shape index (κ2) is 5.22. The molecule has 0 saturated carbocycles. The van der Waals surface area contributed by atoms with Crippen LogP contribution in [0, 0.1) is 6.92 Å². The molecule has 6 heteroatoms. The summed E-state index contributed by atoms with van der Waals surface area (Å²) in [6.07, 6.45) is 2.85. The van der Waals surface area contributed by atoms with Crippen molar-refractivity contribution in [1.29, 1.82) is 0 Å². The highest BCUT2D eigenvalue weighted by Crippen LogP contribution is 2.27. The number of hydrogen-bond acceptors (Lipinski definition) is 3. The third-order valence-corrected chi connectivity index (χ3v) is 4.71. The van der Waals surface area contributed by atoms with Crippen LogP contribution in [-0.2, 0) is 24.1 Å². The van der Waals surface area contributed by atoms with E-state index in [1.54, 1.807) is 12.1 Å². The molecule has 1 aromatic carbocycles. The van der Waals surface area contributed by atoms with Crippen LogP contribution < -0.4 is 10.6 Å². The number of benzene rings is 1. The van der Waals surface area contributed by atoms with Crippen LogP contribution in [0.2, 0.25) is 0 Å². The summed E-state index contributed by atoms with van der Waals surface area (Å²) in [5, 5.41) is 13.2. The van der Waals surface area contributed by atoms with E-state index >= 15 is 0 Å². The number of rotatable bonds is 2. The van der Waals surface area contributed by atoms with Gasteiger partial charge in [-0.3, -0.25) is 14.7 Å². The molecule has 1 aliphatic heterocycles. The van der Waals surface area contributed by atoms with Crippen molar-refractivity contribution >= 4 is 17.5 Å². The number of aryl methyl sites for hydroxylation is 1. The predicted molar refractivity (Wildman–Crippen MR) is 85.4 cm³/mol. The molecule has 2 amide bonds. The minimum absolute atomic E-state index is 0.0606. The van der Waals surface area contributed by atoms with E-state index in [-0.39, 0.29) is 24.3 Å². The molecule has 23 heavy (non-hydrogen) atoms. The SMILES string of the molecule is Cc1[nH]nc2c1CC[C@H](NC(=O)c1cccc3c1CC(=O)N3)C2. The first kappa shape index (κ1) is 14.0. The molecule has 3 N–H and O–H groups in total. The van der Waals surface area contributed by atoms with E-state index in [2.05, 4.69) is 20.8 Å². The Morgan fingerprint density at radius 1 is 1.35 bits per heavy atom. The van der Waals surface area contributed by atoms with Crippen molar-refractivity contribution in [3.63, 3.8) is 0 Å². The first-order chi connectivity index (χ1) is 11.1. The lowest BCUT2D eigenvalue weighted by atomic mass is 9.91. The summed E-state index contributed by atoms with van der Waals surface area (Å²) in [7, 11) is 0. The van der Waals surface area contributed by atoms with Gasteiger partial charge in [0.05, 0.1) is 12.1 Å². The van der Waals surface area contributed by atoms with Gasteiger partial charge in [-0.2, -0.15) is 5.10 Å². The van der Waals surface area contributed by atoms with Crippen molar-refractivity contribution in [2.24, 2.45) is 0 Å². The molecule has 1 aromatic heterocycles. The highest BCUT2D eigenvalue weighted by atomic mass is 16.2. The second-order valence-corrected chi connectivity index (χ2v) is 6.24. The number of amides is 2. The van der Waals surface area contributed by atoms with Crippen LogP contribution in [-0.4, -0.2) is 28.1 Å². The summed E-state index contributed by atoms with van der Waals surface area (Å²) in [5.74, 6) is -0.173. The number of nitrogens with one attached hydrogen (secondary N) is 3. The van der Waals surface area contributed by atoms with Gasteiger partial charge in [-0.15, -0.1) is 0 Å². The number of carbonyl (C=O) groups is 2. The van der Waals surface area contributed by atoms with Gasteiger partial charge < -0.3 is 10.6 Å². The van der Waals surface area contributed by atoms with Gasteiger partial charge in [0.25, 0.3) is 5.91 Å². The van der Waals surface area contributed by atoms with E-state index in [0.717, 1.165) is 41.9 Å². The van der Waals surface area contributed by atoms with Gasteiger partial charge >= 0.3 is 0 Å². The molecule has 1 atom stereocenters. The Hall–Kier alpha value is -2.63. The van der Waals surface area contributed by atoms with Gasteiger partial charge in [0.2, 0.25) is 5.91 Å². The highest BCUT2D eigenvalue weighted by molar-refractivity contribution is 6.05. The Kier molecular flexibility index (Phi) is 3.18. The molecular weight excluding hydrogens is 292 g/mol. The van der Waals surface area contributed by atoms with E-state index in [1.165, 1.54) is 5.56 Å². The average molecular weight is 310 g/mol. The molecule has 0 unspecified atom stereocenters. The standard InChI is InChI=1S/C17H18N4O2/c1-9-11-6-5-10(7-15(11)21-20-9)18-17(23)12-3-2-4-14-13(12)8-16(22)19-14/h2-4,10H,5-8H2,1H3,(H,18,23)(H,19,22)(H,20,21)/t10-/m0/s1. The summed E-state index contributed by atoms with van der Waals surface area (Å²) in [6, 6.07) is 5.49. The van der Waals surface area contributed by atoms with Gasteiger partial charge in [-0.25, -0.2) is 0 Å². The zero-order valence-corrected chi connectivity index (χ0v) is 12.9. The first-order valence-electron chi connectivity index (χ1n) is 7.87. The fourth-order valence-corrected chi connectivity index (χ4v) is 3.51. The topological polar surface area (TPSA) is 86.9 Å². The summed E-state index contributed by atoms with van der Waals surface area (Å²) >= 11 is 0. The van der Waals surface area contributed by atoms with Crippen LogP contribution in [0.3, 0.4) is 0 Å². The van der Waals surface area contributed by atoms with E-state index in [1.807, 2.05) is 13.0 Å². The van der Waals surface area contributed by atoms with Crippen molar-refractivity contribution in [3.05, 3.63) is 46.3 Å². The number of H-pyrrole nitrogens is 1. The zero-order valence-electron chi connectivity index (χ0n) is 12.9. The lowest BCUT2D eigenvalue weighted by Crippen LogP contribution is -2.39. The Balaban J connectivity index is 1.52. The van der Waals surface area contributed by atoms with Gasteiger partial charge in [-0.05, 0) is 43.0 Å². The molecule has 0 saturated heterocycles. The molecular formula is C17H18N4O2.